The van der Waals surface area contributed by atoms with Gasteiger partial charge in [0, 0.05) is 30.1 Å². The zero-order valence-corrected chi connectivity index (χ0v) is 16.8. The summed E-state index contributed by atoms with van der Waals surface area (Å²) in [7, 11) is 0. The highest BCUT2D eigenvalue weighted by Gasteiger charge is 2.29. The molecule has 0 saturated carbocycles. The number of nitrogens with zero attached hydrogens (tertiary/aromatic N) is 3. The summed E-state index contributed by atoms with van der Waals surface area (Å²) in [6.45, 7) is 2.60. The van der Waals surface area contributed by atoms with Gasteiger partial charge in [-0.05, 0) is 31.9 Å². The number of pyridine rings is 1. The lowest BCUT2D eigenvalue weighted by atomic mass is 9.98. The van der Waals surface area contributed by atoms with Crippen LogP contribution in [0.2, 0.25) is 0 Å². The van der Waals surface area contributed by atoms with E-state index in [9.17, 15) is 9.90 Å². The largest absolute Gasteiger partial charge is 0.391 e. The second kappa shape index (κ2) is 9.11. The van der Waals surface area contributed by atoms with Crippen molar-refractivity contribution >= 4 is 5.91 Å². The number of hydrogen-bond donors (Lipinski definition) is 2. The Morgan fingerprint density at radius 1 is 1.10 bits per heavy atom. The van der Waals surface area contributed by atoms with Crippen molar-refractivity contribution in [1.82, 2.24) is 20.3 Å². The summed E-state index contributed by atoms with van der Waals surface area (Å²) in [5.41, 5.74) is 3.58. The number of carbonyl (C=O) groups excluding carboxylic acids is 1. The Bertz CT molecular complexity index is 1000. The summed E-state index contributed by atoms with van der Waals surface area (Å²) < 4.78 is 5.91. The molecule has 30 heavy (non-hydrogen) atoms. The van der Waals surface area contributed by atoms with Crippen LogP contribution in [-0.4, -0.2) is 45.2 Å². The van der Waals surface area contributed by atoms with E-state index in [0.29, 0.717) is 42.0 Å². The van der Waals surface area contributed by atoms with E-state index in [2.05, 4.69) is 10.3 Å². The first-order valence-corrected chi connectivity index (χ1v) is 10.1. The van der Waals surface area contributed by atoms with Crippen LogP contribution in [0.15, 0.2) is 54.9 Å². The SMILES string of the molecule is CCNC(=O)c1nc(-c2ccccc2)c(C2CCC(O)CO2)nc1-c1cccnc1. The van der Waals surface area contributed by atoms with E-state index >= 15 is 0 Å². The summed E-state index contributed by atoms with van der Waals surface area (Å²) in [6.07, 6.45) is 3.82. The van der Waals surface area contributed by atoms with E-state index < -0.39 is 6.10 Å². The number of benzene rings is 1. The molecule has 1 aliphatic heterocycles. The van der Waals surface area contributed by atoms with Crippen LogP contribution in [0.4, 0.5) is 0 Å². The predicted octanol–water partition coefficient (Wildman–Crippen LogP) is 3.17. The number of amides is 1. The molecule has 0 radical (unpaired) electrons. The van der Waals surface area contributed by atoms with Crippen LogP contribution in [0.3, 0.4) is 0 Å². The monoisotopic (exact) mass is 404 g/mol. The van der Waals surface area contributed by atoms with Gasteiger partial charge in [0.1, 0.15) is 11.8 Å². The van der Waals surface area contributed by atoms with Crippen molar-refractivity contribution in [2.45, 2.75) is 32.0 Å². The molecule has 1 aromatic carbocycles. The Balaban J connectivity index is 1.91. The molecule has 7 heteroatoms. The second-order valence-electron chi connectivity index (χ2n) is 7.17. The number of aliphatic hydroxyl groups excluding tert-OH is 1. The Morgan fingerprint density at radius 2 is 1.90 bits per heavy atom. The number of carbonyl (C=O) groups is 1. The van der Waals surface area contributed by atoms with Gasteiger partial charge in [0.2, 0.25) is 0 Å². The average Bonchev–Trinajstić information content (AvgIpc) is 2.80. The first-order valence-electron chi connectivity index (χ1n) is 10.1. The van der Waals surface area contributed by atoms with Crippen LogP contribution < -0.4 is 5.32 Å². The fourth-order valence-electron chi connectivity index (χ4n) is 3.54. The van der Waals surface area contributed by atoms with Crippen molar-refractivity contribution in [3.05, 3.63) is 66.2 Å². The molecule has 0 spiro atoms. The average molecular weight is 404 g/mol. The van der Waals surface area contributed by atoms with Gasteiger partial charge >= 0.3 is 0 Å². The molecule has 2 unspecified atom stereocenters. The van der Waals surface area contributed by atoms with Crippen LogP contribution in [0.1, 0.15) is 42.1 Å². The molecular weight excluding hydrogens is 380 g/mol. The van der Waals surface area contributed by atoms with Gasteiger partial charge in [-0.15, -0.1) is 0 Å². The maximum atomic E-state index is 12.9. The number of aromatic nitrogens is 3. The molecule has 0 aliphatic carbocycles. The van der Waals surface area contributed by atoms with E-state index in [1.165, 1.54) is 0 Å². The lowest BCUT2D eigenvalue weighted by molar-refractivity contribution is -0.0583. The van der Waals surface area contributed by atoms with Crippen molar-refractivity contribution in [2.75, 3.05) is 13.2 Å². The van der Waals surface area contributed by atoms with Crippen molar-refractivity contribution in [3.63, 3.8) is 0 Å². The molecule has 2 aromatic heterocycles. The maximum absolute atomic E-state index is 12.9. The zero-order valence-electron chi connectivity index (χ0n) is 16.8. The smallest absolute Gasteiger partial charge is 0.272 e. The van der Waals surface area contributed by atoms with E-state index in [4.69, 9.17) is 14.7 Å². The van der Waals surface area contributed by atoms with Crippen molar-refractivity contribution in [2.24, 2.45) is 0 Å². The minimum absolute atomic E-state index is 0.251. The van der Waals surface area contributed by atoms with Crippen LogP contribution in [0.5, 0.6) is 0 Å². The van der Waals surface area contributed by atoms with Gasteiger partial charge in [0.05, 0.1) is 24.1 Å². The van der Waals surface area contributed by atoms with E-state index in [1.54, 1.807) is 18.5 Å². The third-order valence-electron chi connectivity index (χ3n) is 5.01. The van der Waals surface area contributed by atoms with Crippen LogP contribution in [-0.2, 0) is 4.74 Å². The highest BCUT2D eigenvalue weighted by atomic mass is 16.5. The van der Waals surface area contributed by atoms with E-state index in [1.807, 2.05) is 43.3 Å². The first kappa shape index (κ1) is 20.1. The van der Waals surface area contributed by atoms with Gasteiger partial charge in [-0.1, -0.05) is 30.3 Å². The lowest BCUT2D eigenvalue weighted by Gasteiger charge is -2.27. The third kappa shape index (κ3) is 4.22. The molecule has 2 N–H and O–H groups in total. The van der Waals surface area contributed by atoms with Gasteiger partial charge in [0.25, 0.3) is 5.91 Å². The molecule has 3 heterocycles. The molecule has 154 valence electrons. The highest BCUT2D eigenvalue weighted by molar-refractivity contribution is 5.98. The summed E-state index contributed by atoms with van der Waals surface area (Å²) in [6, 6.07) is 13.3. The fourth-order valence-corrected chi connectivity index (χ4v) is 3.54. The Morgan fingerprint density at radius 3 is 2.57 bits per heavy atom. The maximum Gasteiger partial charge on any atom is 0.272 e. The minimum Gasteiger partial charge on any atom is -0.391 e. The second-order valence-corrected chi connectivity index (χ2v) is 7.17. The Kier molecular flexibility index (Phi) is 6.11. The Labute approximate surface area is 175 Å². The molecule has 4 rings (SSSR count). The van der Waals surface area contributed by atoms with E-state index in [-0.39, 0.29) is 24.3 Å². The normalized spacial score (nSPS) is 18.7. The lowest BCUT2D eigenvalue weighted by Crippen LogP contribution is -2.28. The molecule has 3 aromatic rings. The zero-order chi connectivity index (χ0) is 20.9. The van der Waals surface area contributed by atoms with Gasteiger partial charge < -0.3 is 15.2 Å². The molecule has 7 nitrogen and oxygen atoms in total. The molecule has 1 amide bonds. The van der Waals surface area contributed by atoms with Gasteiger partial charge in [-0.25, -0.2) is 9.97 Å². The quantitative estimate of drug-likeness (QED) is 0.678. The van der Waals surface area contributed by atoms with Crippen LogP contribution in [0, 0.1) is 0 Å². The van der Waals surface area contributed by atoms with Gasteiger partial charge in [0.15, 0.2) is 5.69 Å². The number of aliphatic hydroxyl groups is 1. The number of rotatable bonds is 5. The molecule has 0 bridgehead atoms. The molecular formula is C23H24N4O3. The number of hydrogen-bond acceptors (Lipinski definition) is 6. The highest BCUT2D eigenvalue weighted by Crippen LogP contribution is 2.35. The first-order chi connectivity index (χ1) is 14.7. The Hall–Kier alpha value is -3.16. The summed E-state index contributed by atoms with van der Waals surface area (Å²) in [5.74, 6) is -0.285. The molecule has 1 aliphatic rings. The molecule has 2 atom stereocenters. The van der Waals surface area contributed by atoms with E-state index in [0.717, 1.165) is 5.56 Å². The topological polar surface area (TPSA) is 97.2 Å². The third-order valence-corrected chi connectivity index (χ3v) is 5.01. The van der Waals surface area contributed by atoms with Crippen molar-refractivity contribution < 1.29 is 14.6 Å². The van der Waals surface area contributed by atoms with Gasteiger partial charge in [-0.2, -0.15) is 0 Å². The molecule has 1 fully saturated rings. The fraction of sp³-hybridized carbons (Fsp3) is 0.304. The van der Waals surface area contributed by atoms with Crippen LogP contribution >= 0.6 is 0 Å². The van der Waals surface area contributed by atoms with Crippen molar-refractivity contribution in [1.29, 1.82) is 0 Å². The van der Waals surface area contributed by atoms with Gasteiger partial charge in [-0.3, -0.25) is 9.78 Å². The number of ether oxygens (including phenoxy) is 1. The number of nitrogens with one attached hydrogen (secondary N) is 1. The minimum atomic E-state index is -0.471. The summed E-state index contributed by atoms with van der Waals surface area (Å²) >= 11 is 0. The van der Waals surface area contributed by atoms with Crippen LogP contribution in [0.25, 0.3) is 22.5 Å². The summed E-state index contributed by atoms with van der Waals surface area (Å²) in [5, 5.41) is 12.7. The molecule has 1 saturated heterocycles. The summed E-state index contributed by atoms with van der Waals surface area (Å²) in [4.78, 5) is 26.7. The predicted molar refractivity (Wildman–Crippen MR) is 113 cm³/mol. The standard InChI is InChI=1S/C23H24N4O3/c1-2-25-23(29)22-20(16-9-6-12-24-13-16)26-21(18-11-10-17(28)14-30-18)19(27-22)15-7-4-3-5-8-15/h3-9,12-13,17-18,28H,2,10-11,14H2,1H3,(H,25,29). The van der Waals surface area contributed by atoms with Crippen molar-refractivity contribution in [3.8, 4) is 22.5 Å².